The second-order valence-electron chi connectivity index (χ2n) is 4.85. The van der Waals surface area contributed by atoms with Crippen LogP contribution in [-0.2, 0) is 17.8 Å². The Kier molecular flexibility index (Phi) is 4.71. The first-order valence-electron chi connectivity index (χ1n) is 6.49. The summed E-state index contributed by atoms with van der Waals surface area (Å²) in [7, 11) is 0. The van der Waals surface area contributed by atoms with Gasteiger partial charge in [0.1, 0.15) is 0 Å². The molecule has 0 saturated carbocycles. The first-order chi connectivity index (χ1) is 9.16. The van der Waals surface area contributed by atoms with Gasteiger partial charge in [0.05, 0.1) is 13.2 Å². The van der Waals surface area contributed by atoms with Gasteiger partial charge in [-0.2, -0.15) is 0 Å². The molecule has 102 valence electrons. The summed E-state index contributed by atoms with van der Waals surface area (Å²) in [5, 5.41) is 6.11. The maximum Gasteiger partial charge on any atom is 0.251 e. The van der Waals surface area contributed by atoms with Crippen molar-refractivity contribution in [3.8, 4) is 0 Å². The van der Waals surface area contributed by atoms with Crippen LogP contribution in [0.2, 0.25) is 0 Å². The molecule has 1 aromatic rings. The van der Waals surface area contributed by atoms with Gasteiger partial charge in [0.25, 0.3) is 5.91 Å². The van der Waals surface area contributed by atoms with Crippen LogP contribution in [-0.4, -0.2) is 25.7 Å². The molecule has 1 aliphatic heterocycles. The number of benzene rings is 1. The van der Waals surface area contributed by atoms with Crippen molar-refractivity contribution in [2.75, 3.05) is 19.8 Å². The van der Waals surface area contributed by atoms with Gasteiger partial charge in [0, 0.05) is 25.2 Å². The minimum Gasteiger partial charge on any atom is -0.375 e. The Labute approximate surface area is 113 Å². The number of carbonyl (C=O) groups is 1. The molecule has 0 unspecified atom stereocenters. The molecule has 0 aromatic heterocycles. The summed E-state index contributed by atoms with van der Waals surface area (Å²) in [6.07, 6.45) is 0. The van der Waals surface area contributed by atoms with Crippen molar-refractivity contribution in [2.45, 2.75) is 20.0 Å². The van der Waals surface area contributed by atoms with Crippen molar-refractivity contribution in [3.05, 3.63) is 47.0 Å². The van der Waals surface area contributed by atoms with Crippen molar-refractivity contribution >= 4 is 5.91 Å². The van der Waals surface area contributed by atoms with Gasteiger partial charge in [0.2, 0.25) is 0 Å². The lowest BCUT2D eigenvalue weighted by Gasteiger charge is -2.07. The van der Waals surface area contributed by atoms with Crippen LogP contribution in [0.3, 0.4) is 0 Å². The van der Waals surface area contributed by atoms with E-state index in [1.165, 1.54) is 11.1 Å². The third-order valence-electron chi connectivity index (χ3n) is 2.98. The molecule has 2 N–H and O–H groups in total. The molecule has 1 heterocycles. The third kappa shape index (κ3) is 3.91. The molecule has 0 spiro atoms. The quantitative estimate of drug-likeness (QED) is 0.603. The van der Waals surface area contributed by atoms with Crippen LogP contribution in [0, 0.1) is 0 Å². The summed E-state index contributed by atoms with van der Waals surface area (Å²) >= 11 is 0. The number of hydrogen-bond donors (Lipinski definition) is 2. The summed E-state index contributed by atoms with van der Waals surface area (Å²) in [4.78, 5) is 11.9. The highest BCUT2D eigenvalue weighted by Crippen LogP contribution is 2.16. The predicted octanol–water partition coefficient (Wildman–Crippen LogP) is 1.61. The van der Waals surface area contributed by atoms with Crippen molar-refractivity contribution < 1.29 is 9.53 Å². The van der Waals surface area contributed by atoms with E-state index in [9.17, 15) is 4.79 Å². The number of hydrogen-bond acceptors (Lipinski definition) is 3. The first kappa shape index (κ1) is 13.8. The fourth-order valence-corrected chi connectivity index (χ4v) is 2.02. The molecule has 0 bridgehead atoms. The highest BCUT2D eigenvalue weighted by molar-refractivity contribution is 5.94. The van der Waals surface area contributed by atoms with Crippen LogP contribution in [0.25, 0.3) is 0 Å². The lowest BCUT2D eigenvalue weighted by Crippen LogP contribution is -2.27. The van der Waals surface area contributed by atoms with E-state index in [-0.39, 0.29) is 5.91 Å². The minimum absolute atomic E-state index is 0.0476. The Morgan fingerprint density at radius 2 is 2.21 bits per heavy atom. The first-order valence-corrected chi connectivity index (χ1v) is 6.49. The van der Waals surface area contributed by atoms with Crippen molar-refractivity contribution in [2.24, 2.45) is 0 Å². The summed E-state index contributed by atoms with van der Waals surface area (Å²) in [6.45, 7) is 8.97. The highest BCUT2D eigenvalue weighted by atomic mass is 16.5. The van der Waals surface area contributed by atoms with Gasteiger partial charge in [-0.15, -0.1) is 0 Å². The maximum absolute atomic E-state index is 11.9. The van der Waals surface area contributed by atoms with Crippen LogP contribution in [0.1, 0.15) is 28.4 Å². The maximum atomic E-state index is 11.9. The van der Waals surface area contributed by atoms with Crippen molar-refractivity contribution in [1.29, 1.82) is 0 Å². The molecule has 4 nitrogen and oxygen atoms in total. The summed E-state index contributed by atoms with van der Waals surface area (Å²) in [5.74, 6) is -0.0476. The molecule has 19 heavy (non-hydrogen) atoms. The van der Waals surface area contributed by atoms with E-state index >= 15 is 0 Å². The topological polar surface area (TPSA) is 50.4 Å². The lowest BCUT2D eigenvalue weighted by molar-refractivity contribution is 0.0926. The van der Waals surface area contributed by atoms with E-state index in [2.05, 4.69) is 17.2 Å². The normalized spacial score (nSPS) is 13.1. The lowest BCUT2D eigenvalue weighted by atomic mass is 10.1. The van der Waals surface area contributed by atoms with E-state index in [4.69, 9.17) is 4.74 Å². The number of fused-ring (bicyclic) bond motifs is 1. The van der Waals surface area contributed by atoms with Gasteiger partial charge in [-0.3, -0.25) is 4.79 Å². The number of ether oxygens (including phenoxy) is 1. The number of rotatable bonds is 6. The molecule has 0 atom stereocenters. The Morgan fingerprint density at radius 3 is 3.00 bits per heavy atom. The highest BCUT2D eigenvalue weighted by Gasteiger charge is 2.12. The molecule has 0 saturated heterocycles. The molecule has 1 amide bonds. The number of nitrogens with one attached hydrogen (secondary N) is 2. The Bertz CT molecular complexity index is 483. The van der Waals surface area contributed by atoms with Gasteiger partial charge in [-0.25, -0.2) is 0 Å². The SMILES string of the molecule is C=C(C)COCCNC(=O)c1ccc2c(c1)CNC2. The van der Waals surface area contributed by atoms with E-state index in [1.54, 1.807) is 0 Å². The van der Waals surface area contributed by atoms with Gasteiger partial charge in [-0.05, 0) is 30.2 Å². The van der Waals surface area contributed by atoms with Gasteiger partial charge in [-0.1, -0.05) is 18.2 Å². The van der Waals surface area contributed by atoms with Gasteiger partial charge >= 0.3 is 0 Å². The van der Waals surface area contributed by atoms with Crippen LogP contribution >= 0.6 is 0 Å². The molecule has 0 fully saturated rings. The van der Waals surface area contributed by atoms with Crippen molar-refractivity contribution in [3.63, 3.8) is 0 Å². The van der Waals surface area contributed by atoms with Gasteiger partial charge < -0.3 is 15.4 Å². The fourth-order valence-electron chi connectivity index (χ4n) is 2.02. The molecule has 0 radical (unpaired) electrons. The molecular formula is C15H20N2O2. The van der Waals surface area contributed by atoms with E-state index in [0.717, 1.165) is 18.7 Å². The van der Waals surface area contributed by atoms with Crippen LogP contribution in [0.4, 0.5) is 0 Å². The molecule has 1 aliphatic rings. The monoisotopic (exact) mass is 260 g/mol. The second-order valence-corrected chi connectivity index (χ2v) is 4.85. The van der Waals surface area contributed by atoms with E-state index < -0.39 is 0 Å². The number of carbonyl (C=O) groups excluding carboxylic acids is 1. The Balaban J connectivity index is 1.78. The summed E-state index contributed by atoms with van der Waals surface area (Å²) < 4.78 is 5.33. The average Bonchev–Trinajstić information content (AvgIpc) is 2.84. The fraction of sp³-hybridized carbons (Fsp3) is 0.400. The van der Waals surface area contributed by atoms with Crippen LogP contribution in [0.15, 0.2) is 30.4 Å². The smallest absolute Gasteiger partial charge is 0.251 e. The van der Waals surface area contributed by atoms with Crippen LogP contribution in [0.5, 0.6) is 0 Å². The van der Waals surface area contributed by atoms with Crippen molar-refractivity contribution in [1.82, 2.24) is 10.6 Å². The third-order valence-corrected chi connectivity index (χ3v) is 2.98. The standard InChI is InChI=1S/C15H20N2O2/c1-11(2)10-19-6-5-17-15(18)12-3-4-13-8-16-9-14(13)7-12/h3-4,7,16H,1,5-6,8-10H2,2H3,(H,17,18). The molecule has 4 heteroatoms. The zero-order valence-electron chi connectivity index (χ0n) is 11.3. The van der Waals surface area contributed by atoms with E-state index in [1.807, 2.05) is 25.1 Å². The number of amides is 1. The van der Waals surface area contributed by atoms with Gasteiger partial charge in [0.15, 0.2) is 0 Å². The molecular weight excluding hydrogens is 240 g/mol. The minimum atomic E-state index is -0.0476. The summed E-state index contributed by atoms with van der Waals surface area (Å²) in [6, 6.07) is 5.84. The Hall–Kier alpha value is -1.65. The second kappa shape index (κ2) is 6.50. The predicted molar refractivity (Wildman–Crippen MR) is 75.0 cm³/mol. The molecule has 0 aliphatic carbocycles. The molecule has 2 rings (SSSR count). The zero-order chi connectivity index (χ0) is 13.7. The van der Waals surface area contributed by atoms with E-state index in [0.29, 0.717) is 25.3 Å². The average molecular weight is 260 g/mol. The van der Waals surface area contributed by atoms with Crippen LogP contribution < -0.4 is 10.6 Å². The summed E-state index contributed by atoms with van der Waals surface area (Å²) in [5.41, 5.74) is 4.19. The zero-order valence-corrected chi connectivity index (χ0v) is 11.3. The largest absolute Gasteiger partial charge is 0.375 e. The molecule has 1 aromatic carbocycles. The Morgan fingerprint density at radius 1 is 1.42 bits per heavy atom.